The molecule has 2 aromatic carbocycles. The van der Waals surface area contributed by atoms with Crippen LogP contribution in [0.3, 0.4) is 0 Å². The summed E-state index contributed by atoms with van der Waals surface area (Å²) >= 11 is 12.4. The molecule has 0 fully saturated rings. The Labute approximate surface area is 184 Å². The fourth-order valence-electron chi connectivity index (χ4n) is 2.83. The lowest BCUT2D eigenvalue weighted by Gasteiger charge is -2.20. The van der Waals surface area contributed by atoms with E-state index in [0.717, 1.165) is 27.6 Å². The number of hydrogen-bond donors (Lipinski definition) is 0. The van der Waals surface area contributed by atoms with Gasteiger partial charge in [-0.1, -0.05) is 60.1 Å². The Morgan fingerprint density at radius 3 is 2.28 bits per heavy atom. The number of rotatable bonds is 7. The van der Waals surface area contributed by atoms with Crippen molar-refractivity contribution >= 4 is 41.2 Å². The summed E-state index contributed by atoms with van der Waals surface area (Å²) in [6.07, 6.45) is 3.68. The van der Waals surface area contributed by atoms with Gasteiger partial charge in [-0.2, -0.15) is 0 Å². The van der Waals surface area contributed by atoms with Gasteiger partial charge in [0.15, 0.2) is 0 Å². The zero-order valence-corrected chi connectivity index (χ0v) is 19.9. The molecule has 154 valence electrons. The first kappa shape index (κ1) is 23.5. The molecule has 0 N–H and O–H groups in total. The maximum Gasteiger partial charge on any atom is 0.123 e. The van der Waals surface area contributed by atoms with Crippen LogP contribution in [0.5, 0.6) is 0 Å². The quantitative estimate of drug-likeness (QED) is 0.244. The Bertz CT molecular complexity index is 998. The van der Waals surface area contributed by atoms with Gasteiger partial charge in [0.1, 0.15) is 19.0 Å². The van der Waals surface area contributed by atoms with Crippen molar-refractivity contribution in [2.75, 3.05) is 13.3 Å². The van der Waals surface area contributed by atoms with Crippen molar-refractivity contribution in [2.24, 2.45) is 0 Å². The average molecular weight is 449 g/mol. The molecule has 0 aliphatic rings. The molecule has 1 atom stereocenters. The summed E-state index contributed by atoms with van der Waals surface area (Å²) in [4.78, 5) is 0. The molecule has 0 aliphatic heterocycles. The molecule has 5 heteroatoms. The van der Waals surface area contributed by atoms with Crippen LogP contribution in [0.1, 0.15) is 38.0 Å². The zero-order valence-electron chi connectivity index (χ0n) is 17.5. The zero-order chi connectivity index (χ0) is 21.8. The van der Waals surface area contributed by atoms with Crippen molar-refractivity contribution in [3.8, 4) is 0 Å². The van der Waals surface area contributed by atoms with E-state index >= 15 is 0 Å². The van der Waals surface area contributed by atoms with Gasteiger partial charge >= 0.3 is 0 Å². The van der Waals surface area contributed by atoms with Crippen molar-refractivity contribution in [3.63, 3.8) is 0 Å². The molecule has 29 heavy (non-hydrogen) atoms. The molecule has 0 aliphatic carbocycles. The SMILES string of the molecule is C=C(C)/C(=C\C(=C/C)c1ccc(P(C)(C)=O)cc1)OC(C)c1cc(Cl)ccc1Cl. The van der Waals surface area contributed by atoms with Gasteiger partial charge in [-0.15, -0.1) is 0 Å². The standard InChI is InChI=1S/C24H27Cl2O2P/c1-7-18(19-8-11-21(12-9-19)29(5,6)27)14-24(16(2)3)28-17(4)22-15-20(25)10-13-23(22)26/h7-15,17H,2H2,1,3-6H3/b18-7+,24-14+. The third kappa shape index (κ3) is 6.37. The molecule has 0 bridgehead atoms. The molecule has 0 amide bonds. The molecule has 1 unspecified atom stereocenters. The maximum absolute atomic E-state index is 12.3. The minimum atomic E-state index is -2.28. The first-order valence-electron chi connectivity index (χ1n) is 9.34. The fraction of sp³-hybridized carbons (Fsp3) is 0.250. The number of hydrogen-bond acceptors (Lipinski definition) is 2. The second-order valence-electron chi connectivity index (χ2n) is 7.36. The van der Waals surface area contributed by atoms with Crippen molar-refractivity contribution in [1.82, 2.24) is 0 Å². The van der Waals surface area contributed by atoms with Crippen LogP contribution in [0.15, 0.2) is 72.5 Å². The Morgan fingerprint density at radius 1 is 1.14 bits per heavy atom. The highest BCUT2D eigenvalue weighted by molar-refractivity contribution is 7.70. The summed E-state index contributed by atoms with van der Waals surface area (Å²) in [5.74, 6) is 0.669. The first-order valence-corrected chi connectivity index (χ1v) is 12.7. The summed E-state index contributed by atoms with van der Waals surface area (Å²) in [6.45, 7) is 13.4. The minimum absolute atomic E-state index is 0.296. The maximum atomic E-state index is 12.3. The van der Waals surface area contributed by atoms with E-state index in [2.05, 4.69) is 6.58 Å². The molecule has 0 spiro atoms. The van der Waals surface area contributed by atoms with E-state index in [4.69, 9.17) is 27.9 Å². The van der Waals surface area contributed by atoms with E-state index in [1.165, 1.54) is 0 Å². The summed E-state index contributed by atoms with van der Waals surface area (Å²) < 4.78 is 18.5. The Balaban J connectivity index is 2.34. The normalized spacial score (nSPS) is 13.9. The van der Waals surface area contributed by atoms with Crippen molar-refractivity contribution in [1.29, 1.82) is 0 Å². The van der Waals surface area contributed by atoms with Crippen LogP contribution in [0.2, 0.25) is 10.0 Å². The van der Waals surface area contributed by atoms with Gasteiger partial charge in [-0.25, -0.2) is 0 Å². The second kappa shape index (κ2) is 9.85. The first-order chi connectivity index (χ1) is 13.5. The van der Waals surface area contributed by atoms with Crippen LogP contribution in [0.25, 0.3) is 5.57 Å². The topological polar surface area (TPSA) is 26.3 Å². The van der Waals surface area contributed by atoms with Gasteiger partial charge in [0, 0.05) is 20.9 Å². The van der Waals surface area contributed by atoms with Gasteiger partial charge in [-0.3, -0.25) is 0 Å². The highest BCUT2D eigenvalue weighted by Gasteiger charge is 2.15. The summed E-state index contributed by atoms with van der Waals surface area (Å²) in [5, 5.41) is 2.08. The summed E-state index contributed by atoms with van der Waals surface area (Å²) in [5.41, 5.74) is 3.62. The van der Waals surface area contributed by atoms with Gasteiger partial charge in [-0.05, 0) is 75.1 Å². The smallest absolute Gasteiger partial charge is 0.123 e. The van der Waals surface area contributed by atoms with Crippen LogP contribution < -0.4 is 5.30 Å². The van der Waals surface area contributed by atoms with Crippen LogP contribution in [-0.4, -0.2) is 13.3 Å². The number of benzene rings is 2. The molecule has 2 nitrogen and oxygen atoms in total. The summed E-state index contributed by atoms with van der Waals surface area (Å²) in [6, 6.07) is 13.1. The van der Waals surface area contributed by atoms with Gasteiger partial charge in [0.2, 0.25) is 0 Å². The highest BCUT2D eigenvalue weighted by Crippen LogP contribution is 2.35. The molecule has 2 aromatic rings. The van der Waals surface area contributed by atoms with Crippen LogP contribution in [0, 0.1) is 0 Å². The number of halogens is 2. The molecule has 0 saturated heterocycles. The van der Waals surface area contributed by atoms with Crippen molar-refractivity contribution < 1.29 is 9.30 Å². The van der Waals surface area contributed by atoms with Gasteiger partial charge < -0.3 is 9.30 Å². The molecular weight excluding hydrogens is 422 g/mol. The molecule has 0 aromatic heterocycles. The van der Waals surface area contributed by atoms with Gasteiger partial charge in [0.05, 0.1) is 0 Å². The van der Waals surface area contributed by atoms with E-state index in [1.54, 1.807) is 25.5 Å². The van der Waals surface area contributed by atoms with Crippen molar-refractivity contribution in [2.45, 2.75) is 26.9 Å². The predicted molar refractivity (Wildman–Crippen MR) is 128 cm³/mol. The van der Waals surface area contributed by atoms with Crippen LogP contribution >= 0.6 is 30.3 Å². The van der Waals surface area contributed by atoms with E-state index in [-0.39, 0.29) is 6.10 Å². The van der Waals surface area contributed by atoms with E-state index in [1.807, 2.05) is 63.3 Å². The lowest BCUT2D eigenvalue weighted by molar-refractivity contribution is 0.140. The number of allylic oxidation sites excluding steroid dienone is 4. The Hall–Kier alpha value is -1.73. The Morgan fingerprint density at radius 2 is 1.76 bits per heavy atom. The van der Waals surface area contributed by atoms with E-state index < -0.39 is 7.14 Å². The third-order valence-corrected chi connectivity index (χ3v) is 6.66. The molecule has 0 radical (unpaired) electrons. The second-order valence-corrected chi connectivity index (χ2v) is 11.4. The summed E-state index contributed by atoms with van der Waals surface area (Å²) in [7, 11) is -2.28. The monoisotopic (exact) mass is 448 g/mol. The Kier molecular flexibility index (Phi) is 8.00. The van der Waals surface area contributed by atoms with Crippen LogP contribution in [0.4, 0.5) is 0 Å². The number of ether oxygens (including phenoxy) is 1. The molecule has 0 heterocycles. The fourth-order valence-corrected chi connectivity index (χ4v) is 4.14. The lowest BCUT2D eigenvalue weighted by Crippen LogP contribution is -2.03. The van der Waals surface area contributed by atoms with Gasteiger partial charge in [0.25, 0.3) is 0 Å². The minimum Gasteiger partial charge on any atom is -0.486 e. The predicted octanol–water partition coefficient (Wildman–Crippen LogP) is 7.88. The van der Waals surface area contributed by atoms with E-state index in [0.29, 0.717) is 15.8 Å². The average Bonchev–Trinajstić information content (AvgIpc) is 2.66. The highest BCUT2D eigenvalue weighted by atomic mass is 35.5. The van der Waals surface area contributed by atoms with Crippen LogP contribution in [-0.2, 0) is 9.30 Å². The lowest BCUT2D eigenvalue weighted by atomic mass is 10.0. The molecule has 0 saturated carbocycles. The largest absolute Gasteiger partial charge is 0.486 e. The molecule has 2 rings (SSSR count). The van der Waals surface area contributed by atoms with E-state index in [9.17, 15) is 4.57 Å². The third-order valence-electron chi connectivity index (χ3n) is 4.54. The molecular formula is C24H27Cl2O2P. The van der Waals surface area contributed by atoms with Crippen molar-refractivity contribution in [3.05, 3.63) is 93.7 Å².